The maximum absolute atomic E-state index is 5.92. The van der Waals surface area contributed by atoms with Crippen LogP contribution in [0.25, 0.3) is 0 Å². The van der Waals surface area contributed by atoms with Crippen molar-refractivity contribution in [3.8, 4) is 5.75 Å². The first-order valence-corrected chi connectivity index (χ1v) is 4.80. The van der Waals surface area contributed by atoms with Crippen molar-refractivity contribution < 1.29 is 4.74 Å². The zero-order valence-electron chi connectivity index (χ0n) is 7.90. The molecule has 15 heavy (non-hydrogen) atoms. The highest BCUT2D eigenvalue weighted by Crippen LogP contribution is 2.23. The van der Waals surface area contributed by atoms with Crippen LogP contribution in [0.15, 0.2) is 30.5 Å². The summed E-state index contributed by atoms with van der Waals surface area (Å²) >= 11 is 5.92. The van der Waals surface area contributed by atoms with Crippen molar-refractivity contribution in [3.63, 3.8) is 0 Å². The molecule has 0 amide bonds. The van der Waals surface area contributed by atoms with Crippen molar-refractivity contribution in [2.75, 3.05) is 5.73 Å². The van der Waals surface area contributed by atoms with Crippen LogP contribution in [-0.2, 0) is 6.61 Å². The van der Waals surface area contributed by atoms with Gasteiger partial charge in [0.1, 0.15) is 24.0 Å². The number of aromatic amines is 1. The molecular weight excluding hydrogens is 214 g/mol. The number of hydrogen-bond donors (Lipinski definition) is 2. The van der Waals surface area contributed by atoms with Gasteiger partial charge in [0.2, 0.25) is 0 Å². The Hall–Kier alpha value is -1.68. The number of benzene rings is 1. The van der Waals surface area contributed by atoms with E-state index in [1.165, 1.54) is 0 Å². The lowest BCUT2D eigenvalue weighted by molar-refractivity contribution is 0.297. The van der Waals surface area contributed by atoms with Gasteiger partial charge in [-0.15, -0.1) is 0 Å². The molecule has 0 saturated heterocycles. The highest BCUT2D eigenvalue weighted by molar-refractivity contribution is 6.32. The van der Waals surface area contributed by atoms with Crippen LogP contribution >= 0.6 is 11.6 Å². The lowest BCUT2D eigenvalue weighted by Crippen LogP contribution is -1.98. The molecule has 0 saturated carbocycles. The SMILES string of the molecule is Nc1cnc(COc2ccccc2Cl)[nH]1. The van der Waals surface area contributed by atoms with Crippen LogP contribution in [-0.4, -0.2) is 9.97 Å². The Balaban J connectivity index is 2.02. The van der Waals surface area contributed by atoms with E-state index in [9.17, 15) is 0 Å². The third kappa shape index (κ3) is 2.41. The summed E-state index contributed by atoms with van der Waals surface area (Å²) in [6.45, 7) is 0.320. The van der Waals surface area contributed by atoms with Crippen molar-refractivity contribution in [2.45, 2.75) is 6.61 Å². The van der Waals surface area contributed by atoms with Gasteiger partial charge in [-0.3, -0.25) is 0 Å². The number of imidazole rings is 1. The number of nitrogens with one attached hydrogen (secondary N) is 1. The fraction of sp³-hybridized carbons (Fsp3) is 0.100. The average Bonchev–Trinajstić information content (AvgIpc) is 2.63. The van der Waals surface area contributed by atoms with E-state index in [4.69, 9.17) is 22.1 Å². The fourth-order valence-corrected chi connectivity index (χ4v) is 1.35. The minimum Gasteiger partial charge on any atom is -0.484 e. The Morgan fingerprint density at radius 1 is 1.40 bits per heavy atom. The van der Waals surface area contributed by atoms with Crippen molar-refractivity contribution in [1.82, 2.24) is 9.97 Å². The predicted octanol–water partition coefficient (Wildman–Crippen LogP) is 2.22. The van der Waals surface area contributed by atoms with Crippen molar-refractivity contribution in [2.24, 2.45) is 0 Å². The topological polar surface area (TPSA) is 63.9 Å². The molecule has 0 aliphatic carbocycles. The minimum absolute atomic E-state index is 0.320. The Labute approximate surface area is 92.0 Å². The molecule has 4 nitrogen and oxygen atoms in total. The summed E-state index contributed by atoms with van der Waals surface area (Å²) in [4.78, 5) is 6.88. The van der Waals surface area contributed by atoms with E-state index >= 15 is 0 Å². The van der Waals surface area contributed by atoms with Crippen molar-refractivity contribution in [3.05, 3.63) is 41.3 Å². The number of aromatic nitrogens is 2. The van der Waals surface area contributed by atoms with Crippen molar-refractivity contribution in [1.29, 1.82) is 0 Å². The van der Waals surface area contributed by atoms with Crippen LogP contribution in [0, 0.1) is 0 Å². The fourth-order valence-electron chi connectivity index (χ4n) is 1.16. The second-order valence-electron chi connectivity index (χ2n) is 3.00. The van der Waals surface area contributed by atoms with Crippen LogP contribution in [0.1, 0.15) is 5.82 Å². The molecule has 1 heterocycles. The van der Waals surface area contributed by atoms with E-state index in [1.807, 2.05) is 12.1 Å². The molecule has 1 aromatic carbocycles. The molecule has 0 aliphatic rings. The van der Waals surface area contributed by atoms with Gasteiger partial charge < -0.3 is 15.5 Å². The normalized spacial score (nSPS) is 10.2. The number of nitrogens with zero attached hydrogens (tertiary/aromatic N) is 1. The smallest absolute Gasteiger partial charge is 0.146 e. The largest absolute Gasteiger partial charge is 0.484 e. The van der Waals surface area contributed by atoms with E-state index in [-0.39, 0.29) is 0 Å². The zero-order valence-corrected chi connectivity index (χ0v) is 8.66. The molecule has 2 aromatic rings. The first-order chi connectivity index (χ1) is 7.25. The lowest BCUT2D eigenvalue weighted by Gasteiger charge is -2.05. The highest BCUT2D eigenvalue weighted by atomic mass is 35.5. The Bertz CT molecular complexity index is 455. The van der Waals surface area contributed by atoms with Gasteiger partial charge >= 0.3 is 0 Å². The van der Waals surface area contributed by atoms with Gasteiger partial charge in [0.25, 0.3) is 0 Å². The molecular formula is C10H10ClN3O. The zero-order chi connectivity index (χ0) is 10.7. The van der Waals surface area contributed by atoms with Crippen LogP contribution in [0.5, 0.6) is 5.75 Å². The molecule has 3 N–H and O–H groups in total. The molecule has 0 atom stereocenters. The predicted molar refractivity (Wildman–Crippen MR) is 58.8 cm³/mol. The number of anilines is 1. The maximum Gasteiger partial charge on any atom is 0.146 e. The quantitative estimate of drug-likeness (QED) is 0.839. The number of hydrogen-bond acceptors (Lipinski definition) is 3. The second kappa shape index (κ2) is 4.23. The van der Waals surface area contributed by atoms with E-state index in [1.54, 1.807) is 18.3 Å². The summed E-state index contributed by atoms with van der Waals surface area (Å²) in [5.41, 5.74) is 5.48. The van der Waals surface area contributed by atoms with E-state index in [2.05, 4.69) is 9.97 Å². The van der Waals surface area contributed by atoms with Gasteiger partial charge in [0.05, 0.1) is 11.2 Å². The number of para-hydroxylation sites is 1. The molecule has 0 bridgehead atoms. The molecule has 2 rings (SSSR count). The standard InChI is InChI=1S/C10H10ClN3O/c11-7-3-1-2-4-8(7)15-6-10-13-5-9(12)14-10/h1-5H,6,12H2,(H,13,14). The first kappa shape index (κ1) is 9.86. The van der Waals surface area contributed by atoms with E-state index in [0.29, 0.717) is 29.0 Å². The lowest BCUT2D eigenvalue weighted by atomic mass is 10.3. The summed E-state index contributed by atoms with van der Waals surface area (Å²) in [5, 5.41) is 0.581. The maximum atomic E-state index is 5.92. The Morgan fingerprint density at radius 2 is 2.20 bits per heavy atom. The van der Waals surface area contributed by atoms with E-state index in [0.717, 1.165) is 0 Å². The average molecular weight is 224 g/mol. The van der Waals surface area contributed by atoms with Gasteiger partial charge in [-0.2, -0.15) is 0 Å². The number of nitrogen functional groups attached to an aromatic ring is 1. The summed E-state index contributed by atoms with van der Waals surface area (Å²) in [6.07, 6.45) is 1.55. The van der Waals surface area contributed by atoms with Crippen LogP contribution in [0.3, 0.4) is 0 Å². The monoisotopic (exact) mass is 223 g/mol. The van der Waals surface area contributed by atoms with Gasteiger partial charge in [-0.1, -0.05) is 23.7 Å². The minimum atomic E-state index is 0.320. The first-order valence-electron chi connectivity index (χ1n) is 4.42. The molecule has 0 aliphatic heterocycles. The van der Waals surface area contributed by atoms with Crippen LogP contribution in [0.2, 0.25) is 5.02 Å². The number of H-pyrrole nitrogens is 1. The van der Waals surface area contributed by atoms with E-state index < -0.39 is 0 Å². The highest BCUT2D eigenvalue weighted by Gasteiger charge is 2.02. The molecule has 78 valence electrons. The second-order valence-corrected chi connectivity index (χ2v) is 3.41. The summed E-state index contributed by atoms with van der Waals surface area (Å²) < 4.78 is 5.45. The Morgan fingerprint density at radius 3 is 2.87 bits per heavy atom. The molecule has 0 spiro atoms. The van der Waals surface area contributed by atoms with Crippen LogP contribution < -0.4 is 10.5 Å². The Kier molecular flexibility index (Phi) is 2.78. The number of rotatable bonds is 3. The van der Waals surface area contributed by atoms with Gasteiger partial charge in [0, 0.05) is 0 Å². The third-order valence-corrected chi connectivity index (χ3v) is 2.16. The van der Waals surface area contributed by atoms with Crippen LogP contribution in [0.4, 0.5) is 5.82 Å². The van der Waals surface area contributed by atoms with Crippen molar-refractivity contribution >= 4 is 17.4 Å². The number of ether oxygens (including phenoxy) is 1. The van der Waals surface area contributed by atoms with Gasteiger partial charge in [-0.25, -0.2) is 4.98 Å². The molecule has 5 heteroatoms. The third-order valence-electron chi connectivity index (χ3n) is 1.85. The molecule has 0 unspecified atom stereocenters. The van der Waals surface area contributed by atoms with Gasteiger partial charge in [0.15, 0.2) is 0 Å². The summed E-state index contributed by atoms with van der Waals surface area (Å²) in [7, 11) is 0. The molecule has 1 aromatic heterocycles. The number of halogens is 1. The summed E-state index contributed by atoms with van der Waals surface area (Å²) in [5.74, 6) is 1.83. The van der Waals surface area contributed by atoms with Gasteiger partial charge in [-0.05, 0) is 12.1 Å². The molecule has 0 radical (unpaired) electrons. The number of nitrogens with two attached hydrogens (primary N) is 1. The molecule has 0 fully saturated rings. The summed E-state index contributed by atoms with van der Waals surface area (Å²) in [6, 6.07) is 7.28.